The number of amides is 2. The molecule has 2 amide bonds. The van der Waals surface area contributed by atoms with Gasteiger partial charge < -0.3 is 20.8 Å². The zero-order chi connectivity index (χ0) is 15.2. The van der Waals surface area contributed by atoms with Crippen LogP contribution in [0.15, 0.2) is 34.9 Å². The number of nitrogens with two attached hydrogens (primary N) is 1. The molecule has 0 saturated carbocycles. The SMILES string of the molecule is CCc1cnc(CNC(C)c2ccc(NC(N)=O)cc2)o1. The van der Waals surface area contributed by atoms with Gasteiger partial charge in [0.25, 0.3) is 0 Å². The van der Waals surface area contributed by atoms with Crippen LogP contribution in [-0.4, -0.2) is 11.0 Å². The molecular weight excluding hydrogens is 268 g/mol. The number of carbonyl (C=O) groups excluding carboxylic acids is 1. The van der Waals surface area contributed by atoms with Gasteiger partial charge in [0.05, 0.1) is 12.7 Å². The zero-order valence-electron chi connectivity index (χ0n) is 12.2. The maximum absolute atomic E-state index is 10.8. The van der Waals surface area contributed by atoms with Crippen molar-refractivity contribution in [2.24, 2.45) is 5.73 Å². The van der Waals surface area contributed by atoms with Gasteiger partial charge in [-0.1, -0.05) is 19.1 Å². The van der Waals surface area contributed by atoms with E-state index >= 15 is 0 Å². The van der Waals surface area contributed by atoms with E-state index in [-0.39, 0.29) is 6.04 Å². The fraction of sp³-hybridized carbons (Fsp3) is 0.333. The lowest BCUT2D eigenvalue weighted by atomic mass is 10.1. The molecule has 1 aromatic carbocycles. The summed E-state index contributed by atoms with van der Waals surface area (Å²) in [5, 5.41) is 5.88. The number of hydrogen-bond acceptors (Lipinski definition) is 4. The summed E-state index contributed by atoms with van der Waals surface area (Å²) < 4.78 is 5.55. The van der Waals surface area contributed by atoms with Crippen molar-refractivity contribution in [2.45, 2.75) is 32.9 Å². The molecule has 1 unspecified atom stereocenters. The standard InChI is InChI=1S/C15H20N4O2/c1-3-13-8-18-14(21-13)9-17-10(2)11-4-6-12(7-5-11)19-15(16)20/h4-8,10,17H,3,9H2,1-2H3,(H3,16,19,20). The second-order valence-electron chi connectivity index (χ2n) is 4.79. The molecule has 0 fully saturated rings. The second-order valence-corrected chi connectivity index (χ2v) is 4.79. The third-order valence-corrected chi connectivity index (χ3v) is 3.19. The Morgan fingerprint density at radius 2 is 2.10 bits per heavy atom. The molecule has 2 aromatic rings. The molecular formula is C15H20N4O2. The molecule has 21 heavy (non-hydrogen) atoms. The maximum Gasteiger partial charge on any atom is 0.316 e. The van der Waals surface area contributed by atoms with Crippen LogP contribution in [0.2, 0.25) is 0 Å². The molecule has 1 heterocycles. The molecule has 0 bridgehead atoms. The van der Waals surface area contributed by atoms with E-state index in [1.807, 2.05) is 31.2 Å². The van der Waals surface area contributed by atoms with Gasteiger partial charge >= 0.3 is 6.03 Å². The minimum Gasteiger partial charge on any atom is -0.444 e. The predicted octanol–water partition coefficient (Wildman–Crippen LogP) is 2.58. The number of urea groups is 1. The van der Waals surface area contributed by atoms with Gasteiger partial charge in [0, 0.05) is 18.2 Å². The number of rotatable bonds is 6. The van der Waals surface area contributed by atoms with E-state index in [9.17, 15) is 4.79 Å². The van der Waals surface area contributed by atoms with Crippen molar-refractivity contribution in [3.05, 3.63) is 47.7 Å². The highest BCUT2D eigenvalue weighted by Crippen LogP contribution is 2.16. The first-order valence-electron chi connectivity index (χ1n) is 6.92. The van der Waals surface area contributed by atoms with Crippen molar-refractivity contribution in [1.29, 1.82) is 0 Å². The molecule has 112 valence electrons. The van der Waals surface area contributed by atoms with Crippen molar-refractivity contribution in [1.82, 2.24) is 10.3 Å². The van der Waals surface area contributed by atoms with Gasteiger partial charge in [-0.2, -0.15) is 0 Å². The van der Waals surface area contributed by atoms with E-state index in [2.05, 4.69) is 22.5 Å². The van der Waals surface area contributed by atoms with Crippen LogP contribution in [-0.2, 0) is 13.0 Å². The van der Waals surface area contributed by atoms with Crippen LogP contribution in [0.5, 0.6) is 0 Å². The first-order valence-corrected chi connectivity index (χ1v) is 6.92. The fourth-order valence-electron chi connectivity index (χ4n) is 1.95. The van der Waals surface area contributed by atoms with Crippen molar-refractivity contribution < 1.29 is 9.21 Å². The third kappa shape index (κ3) is 4.32. The average molecular weight is 288 g/mol. The van der Waals surface area contributed by atoms with Gasteiger partial charge in [0.2, 0.25) is 5.89 Å². The minimum atomic E-state index is -0.565. The second kappa shape index (κ2) is 6.90. The highest BCUT2D eigenvalue weighted by atomic mass is 16.4. The molecule has 6 heteroatoms. The number of nitrogens with zero attached hydrogens (tertiary/aromatic N) is 1. The van der Waals surface area contributed by atoms with Gasteiger partial charge in [0.1, 0.15) is 5.76 Å². The molecule has 0 spiro atoms. The zero-order valence-corrected chi connectivity index (χ0v) is 12.2. The summed E-state index contributed by atoms with van der Waals surface area (Å²) in [7, 11) is 0. The Hall–Kier alpha value is -2.34. The number of aryl methyl sites for hydroxylation is 1. The number of hydrogen-bond donors (Lipinski definition) is 3. The first-order chi connectivity index (χ1) is 10.1. The van der Waals surface area contributed by atoms with E-state index in [0.717, 1.165) is 17.7 Å². The number of primary amides is 1. The number of aromatic nitrogens is 1. The molecule has 0 aliphatic heterocycles. The quantitative estimate of drug-likeness (QED) is 0.761. The molecule has 0 radical (unpaired) electrons. The maximum atomic E-state index is 10.8. The lowest BCUT2D eigenvalue weighted by molar-refractivity contribution is 0.259. The third-order valence-electron chi connectivity index (χ3n) is 3.19. The minimum absolute atomic E-state index is 0.143. The highest BCUT2D eigenvalue weighted by Gasteiger charge is 2.08. The Balaban J connectivity index is 1.90. The number of benzene rings is 1. The van der Waals surface area contributed by atoms with E-state index in [0.29, 0.717) is 18.1 Å². The summed E-state index contributed by atoms with van der Waals surface area (Å²) in [4.78, 5) is 15.0. The molecule has 1 atom stereocenters. The summed E-state index contributed by atoms with van der Waals surface area (Å²) in [5.74, 6) is 1.58. The van der Waals surface area contributed by atoms with Gasteiger partial charge in [-0.25, -0.2) is 9.78 Å². The van der Waals surface area contributed by atoms with Gasteiger partial charge in [0.15, 0.2) is 0 Å². The Labute approximate surface area is 123 Å². The van der Waals surface area contributed by atoms with Gasteiger partial charge in [-0.05, 0) is 24.6 Å². The van der Waals surface area contributed by atoms with Crippen molar-refractivity contribution in [3.8, 4) is 0 Å². The summed E-state index contributed by atoms with van der Waals surface area (Å²) in [6, 6.07) is 7.09. The van der Waals surface area contributed by atoms with E-state index < -0.39 is 6.03 Å². The van der Waals surface area contributed by atoms with Crippen LogP contribution in [0, 0.1) is 0 Å². The van der Waals surface area contributed by atoms with Crippen LogP contribution in [0.3, 0.4) is 0 Å². The normalized spacial score (nSPS) is 12.1. The topological polar surface area (TPSA) is 93.2 Å². The molecule has 4 N–H and O–H groups in total. The van der Waals surface area contributed by atoms with Crippen LogP contribution in [0.4, 0.5) is 10.5 Å². The monoisotopic (exact) mass is 288 g/mol. The molecule has 0 aliphatic rings. The number of anilines is 1. The summed E-state index contributed by atoms with van der Waals surface area (Å²) in [6.45, 7) is 4.66. The highest BCUT2D eigenvalue weighted by molar-refractivity contribution is 5.87. The number of nitrogens with one attached hydrogen (secondary N) is 2. The smallest absolute Gasteiger partial charge is 0.316 e. The average Bonchev–Trinajstić information content (AvgIpc) is 2.93. The Bertz CT molecular complexity index is 592. The first kappa shape index (κ1) is 15.1. The summed E-state index contributed by atoms with van der Waals surface area (Å²) in [6.07, 6.45) is 2.60. The van der Waals surface area contributed by atoms with Crippen molar-refractivity contribution in [3.63, 3.8) is 0 Å². The van der Waals surface area contributed by atoms with Gasteiger partial charge in [-0.15, -0.1) is 0 Å². The molecule has 0 aliphatic carbocycles. The fourth-order valence-corrected chi connectivity index (χ4v) is 1.95. The van der Waals surface area contributed by atoms with Crippen LogP contribution in [0.25, 0.3) is 0 Å². The predicted molar refractivity (Wildman–Crippen MR) is 80.8 cm³/mol. The molecule has 6 nitrogen and oxygen atoms in total. The van der Waals surface area contributed by atoms with E-state index in [1.165, 1.54) is 0 Å². The number of carbonyl (C=O) groups is 1. The summed E-state index contributed by atoms with van der Waals surface area (Å²) in [5.41, 5.74) is 6.85. The van der Waals surface area contributed by atoms with Crippen LogP contribution >= 0.6 is 0 Å². The Morgan fingerprint density at radius 1 is 1.38 bits per heavy atom. The van der Waals surface area contributed by atoms with Crippen molar-refractivity contribution in [2.75, 3.05) is 5.32 Å². The lowest BCUT2D eigenvalue weighted by Crippen LogP contribution is -2.20. The Morgan fingerprint density at radius 3 is 2.67 bits per heavy atom. The summed E-state index contributed by atoms with van der Waals surface area (Å²) >= 11 is 0. The molecule has 2 rings (SSSR count). The van der Waals surface area contributed by atoms with E-state index in [4.69, 9.17) is 10.2 Å². The largest absolute Gasteiger partial charge is 0.444 e. The van der Waals surface area contributed by atoms with Crippen molar-refractivity contribution >= 4 is 11.7 Å². The van der Waals surface area contributed by atoms with Crippen LogP contribution in [0.1, 0.15) is 37.1 Å². The number of oxazole rings is 1. The molecule has 0 saturated heterocycles. The molecule has 1 aromatic heterocycles. The Kier molecular flexibility index (Phi) is 4.94. The van der Waals surface area contributed by atoms with E-state index in [1.54, 1.807) is 6.20 Å². The lowest BCUT2D eigenvalue weighted by Gasteiger charge is -2.13. The van der Waals surface area contributed by atoms with Crippen LogP contribution < -0.4 is 16.4 Å². The van der Waals surface area contributed by atoms with Gasteiger partial charge in [-0.3, -0.25) is 0 Å².